The van der Waals surface area contributed by atoms with Crippen molar-refractivity contribution in [3.63, 3.8) is 0 Å². The maximum Gasteiger partial charge on any atom is 0.0822 e. The van der Waals surface area contributed by atoms with E-state index in [-0.39, 0.29) is 7.43 Å². The van der Waals surface area contributed by atoms with Crippen LogP contribution in [0.15, 0.2) is 108 Å². The van der Waals surface area contributed by atoms with E-state index in [1.165, 1.54) is 56.0 Å². The van der Waals surface area contributed by atoms with E-state index in [4.69, 9.17) is 0 Å². The van der Waals surface area contributed by atoms with Crippen LogP contribution in [-0.2, 0) is 19.5 Å². The number of fused-ring (bicyclic) bond motifs is 4. The third kappa shape index (κ3) is 8.86. The molecule has 1 aliphatic carbocycles. The van der Waals surface area contributed by atoms with E-state index in [9.17, 15) is 0 Å². The zero-order valence-electron chi connectivity index (χ0n) is 29.9. The smallest absolute Gasteiger partial charge is 0.0822 e. The highest BCUT2D eigenvalue weighted by molar-refractivity contribution is 6.05. The number of nitrogens with zero attached hydrogens (tertiary/aromatic N) is 6. The Bertz CT molecular complexity index is 1760. The van der Waals surface area contributed by atoms with Crippen molar-refractivity contribution >= 4 is 22.5 Å². The average Bonchev–Trinajstić information content (AvgIpc) is 3.89. The molecule has 0 atom stereocenters. The molecule has 0 N–H and O–H groups in total. The number of hydrogen-bond donors (Lipinski definition) is 0. The lowest BCUT2D eigenvalue weighted by Gasteiger charge is -2.07. The van der Waals surface area contributed by atoms with Crippen molar-refractivity contribution < 1.29 is 0 Å². The summed E-state index contributed by atoms with van der Waals surface area (Å²) in [6, 6.07) is 22.9. The van der Waals surface area contributed by atoms with Gasteiger partial charge < -0.3 is 0 Å². The Labute approximate surface area is 294 Å². The van der Waals surface area contributed by atoms with E-state index in [0.29, 0.717) is 23.7 Å². The van der Waals surface area contributed by atoms with Gasteiger partial charge in [0.25, 0.3) is 0 Å². The van der Waals surface area contributed by atoms with Gasteiger partial charge in [0.15, 0.2) is 0 Å². The van der Waals surface area contributed by atoms with E-state index in [1.54, 1.807) is 0 Å². The second kappa shape index (κ2) is 17.1. The molecule has 8 rings (SSSR count). The molecule has 6 nitrogen and oxygen atoms in total. The van der Waals surface area contributed by atoms with Crippen LogP contribution < -0.4 is 0 Å². The maximum atomic E-state index is 4.52. The Kier molecular flexibility index (Phi) is 13.0. The van der Waals surface area contributed by atoms with Gasteiger partial charge in [-0.05, 0) is 70.7 Å². The van der Waals surface area contributed by atoms with Gasteiger partial charge in [0, 0.05) is 53.1 Å². The molecular formula is C43H54N6. The Morgan fingerprint density at radius 2 is 1.20 bits per heavy atom. The molecule has 0 radical (unpaired) electrons. The normalized spacial score (nSPS) is 13.6. The lowest BCUT2D eigenvalue weighted by atomic mass is 9.98. The van der Waals surface area contributed by atoms with Gasteiger partial charge in [-0.25, -0.2) is 4.52 Å². The first-order chi connectivity index (χ1) is 23.2. The topological polar surface area (TPSA) is 67.8 Å². The molecule has 0 bridgehead atoms. The highest BCUT2D eigenvalue weighted by Crippen LogP contribution is 2.31. The zero-order chi connectivity index (χ0) is 34.2. The highest BCUT2D eigenvalue weighted by Gasteiger charge is 2.19. The van der Waals surface area contributed by atoms with Gasteiger partial charge in [-0.2, -0.15) is 5.10 Å². The van der Waals surface area contributed by atoms with Crippen molar-refractivity contribution in [2.45, 2.75) is 88.2 Å². The van der Waals surface area contributed by atoms with Crippen LogP contribution in [0.5, 0.6) is 0 Å². The summed E-state index contributed by atoms with van der Waals surface area (Å²) in [7, 11) is 0. The average molecular weight is 655 g/mol. The molecule has 0 unspecified atom stereocenters. The van der Waals surface area contributed by atoms with Crippen molar-refractivity contribution in [2.24, 2.45) is 27.7 Å². The van der Waals surface area contributed by atoms with E-state index in [0.717, 1.165) is 25.2 Å². The SMILES string of the molecule is C.CC(C)C1=CCc2ncccc21.CC(C)C1=NCc2ccccc21.CC(C)C1=NCc2ncccc21.CC(C)c1cnn2ccccc12. The second-order valence-corrected chi connectivity index (χ2v) is 13.7. The monoisotopic (exact) mass is 654 g/mol. The van der Waals surface area contributed by atoms with Gasteiger partial charge in [0.05, 0.1) is 36.2 Å². The molecule has 0 saturated carbocycles. The summed E-state index contributed by atoms with van der Waals surface area (Å²) in [4.78, 5) is 17.6. The van der Waals surface area contributed by atoms with E-state index in [1.807, 2.05) is 53.6 Å². The number of pyridine rings is 3. The van der Waals surface area contributed by atoms with Gasteiger partial charge in [-0.3, -0.25) is 20.0 Å². The standard InChI is InChI=1S/2C11H13N.2C10H12N2.CH4/c1-8(2)9-5-6-11-10(9)4-3-7-12-11;1-8(2)11-10-6-4-3-5-9(10)7-12-11;1-7(2)10-8-4-3-5-11-9(8)6-12-10;1-8(2)9-7-11-12-6-4-3-5-10(9)12;/h3-5,7-8H,6H2,1-2H3;3-6,8H,7H2,1-2H3;3-5,7H,6H2,1-2H3;3-8H,1-2H3;1H4. The summed E-state index contributed by atoms with van der Waals surface area (Å²) in [5, 5.41) is 4.26. The maximum absolute atomic E-state index is 4.52. The summed E-state index contributed by atoms with van der Waals surface area (Å²) >= 11 is 0. The molecule has 0 saturated heterocycles. The minimum absolute atomic E-state index is 0. The summed E-state index contributed by atoms with van der Waals surface area (Å²) in [6.07, 6.45) is 10.9. The number of benzene rings is 1. The molecule has 5 aromatic rings. The van der Waals surface area contributed by atoms with Crippen molar-refractivity contribution in [3.8, 4) is 0 Å². The van der Waals surface area contributed by atoms with Gasteiger partial charge in [-0.1, -0.05) is 105 Å². The molecule has 1 aromatic carbocycles. The fraction of sp³-hybridized carbons (Fsp3) is 0.372. The van der Waals surface area contributed by atoms with E-state index in [2.05, 4.69) is 129 Å². The molecular weight excluding hydrogens is 601 g/mol. The number of hydrogen-bond acceptors (Lipinski definition) is 5. The Morgan fingerprint density at radius 3 is 1.90 bits per heavy atom. The molecule has 6 heterocycles. The van der Waals surface area contributed by atoms with Crippen molar-refractivity contribution in [1.29, 1.82) is 0 Å². The number of aliphatic imine (C=N–C) groups is 2. The Morgan fingerprint density at radius 1 is 0.592 bits per heavy atom. The predicted molar refractivity (Wildman–Crippen MR) is 208 cm³/mol. The van der Waals surface area contributed by atoms with Crippen LogP contribution >= 0.6 is 0 Å². The van der Waals surface area contributed by atoms with Crippen molar-refractivity contribution in [2.75, 3.05) is 0 Å². The Balaban J connectivity index is 0.000000146. The predicted octanol–water partition coefficient (Wildman–Crippen LogP) is 10.5. The fourth-order valence-electron chi connectivity index (χ4n) is 6.32. The van der Waals surface area contributed by atoms with Crippen LogP contribution in [0.3, 0.4) is 0 Å². The minimum atomic E-state index is 0. The first-order valence-electron chi connectivity index (χ1n) is 17.3. The van der Waals surface area contributed by atoms with Crippen LogP contribution in [0, 0.1) is 17.8 Å². The first-order valence-corrected chi connectivity index (χ1v) is 17.3. The first kappa shape index (κ1) is 37.1. The Hall–Kier alpha value is -4.71. The quantitative estimate of drug-likeness (QED) is 0.194. The van der Waals surface area contributed by atoms with Crippen LogP contribution in [0.25, 0.3) is 11.1 Å². The molecule has 0 amide bonds. The third-order valence-corrected chi connectivity index (χ3v) is 8.79. The molecule has 0 spiro atoms. The minimum Gasteiger partial charge on any atom is -0.284 e. The second-order valence-electron chi connectivity index (χ2n) is 13.7. The van der Waals surface area contributed by atoms with E-state index >= 15 is 0 Å². The van der Waals surface area contributed by atoms with Gasteiger partial charge in [0.1, 0.15) is 0 Å². The lowest BCUT2D eigenvalue weighted by Crippen LogP contribution is -2.06. The lowest BCUT2D eigenvalue weighted by molar-refractivity contribution is 0.857. The number of rotatable bonds is 4. The summed E-state index contributed by atoms with van der Waals surface area (Å²) in [5.41, 5.74) is 14.2. The molecule has 4 aromatic heterocycles. The van der Waals surface area contributed by atoms with Crippen LogP contribution in [0.2, 0.25) is 0 Å². The molecule has 6 heteroatoms. The van der Waals surface area contributed by atoms with Gasteiger partial charge >= 0.3 is 0 Å². The van der Waals surface area contributed by atoms with Crippen LogP contribution in [-0.4, -0.2) is 31.0 Å². The number of aromatic nitrogens is 4. The molecule has 3 aliphatic rings. The molecule has 49 heavy (non-hydrogen) atoms. The molecule has 256 valence electrons. The van der Waals surface area contributed by atoms with Crippen LogP contribution in [0.1, 0.15) is 108 Å². The fourth-order valence-corrected chi connectivity index (χ4v) is 6.32. The van der Waals surface area contributed by atoms with Gasteiger partial charge in [-0.15, -0.1) is 0 Å². The third-order valence-electron chi connectivity index (χ3n) is 8.79. The zero-order valence-corrected chi connectivity index (χ0v) is 29.9. The summed E-state index contributed by atoms with van der Waals surface area (Å²) < 4.78 is 1.91. The largest absolute Gasteiger partial charge is 0.284 e. The van der Waals surface area contributed by atoms with Crippen molar-refractivity contribution in [3.05, 3.63) is 137 Å². The number of allylic oxidation sites excluding steroid dienone is 2. The van der Waals surface area contributed by atoms with E-state index < -0.39 is 0 Å². The molecule has 0 fully saturated rings. The van der Waals surface area contributed by atoms with Crippen molar-refractivity contribution in [1.82, 2.24) is 19.6 Å². The van der Waals surface area contributed by atoms with Crippen LogP contribution in [0.4, 0.5) is 0 Å². The summed E-state index contributed by atoms with van der Waals surface area (Å²) in [5.74, 6) is 2.23. The molecule has 2 aliphatic heterocycles. The van der Waals surface area contributed by atoms with Gasteiger partial charge in [0.2, 0.25) is 0 Å². The highest BCUT2D eigenvalue weighted by atomic mass is 15.2. The summed E-state index contributed by atoms with van der Waals surface area (Å²) in [6.45, 7) is 19.2.